The summed E-state index contributed by atoms with van der Waals surface area (Å²) in [5.74, 6) is -0.288. The molecule has 2 N–H and O–H groups in total. The van der Waals surface area contributed by atoms with Crippen molar-refractivity contribution in [2.24, 2.45) is 5.92 Å². The molecule has 0 aromatic heterocycles. The van der Waals surface area contributed by atoms with Crippen molar-refractivity contribution in [3.05, 3.63) is 23.2 Å². The van der Waals surface area contributed by atoms with Crippen LogP contribution in [0, 0.1) is 5.92 Å². The van der Waals surface area contributed by atoms with Gasteiger partial charge in [0.15, 0.2) is 0 Å². The molecule has 2 heterocycles. The van der Waals surface area contributed by atoms with Crippen LogP contribution in [0.25, 0.3) is 0 Å². The molecule has 2 amide bonds. The Hall–Kier alpha value is -1.79. The summed E-state index contributed by atoms with van der Waals surface area (Å²) in [4.78, 5) is 26.9. The number of benzene rings is 1. The average molecular weight is 380 g/mol. The van der Waals surface area contributed by atoms with Crippen molar-refractivity contribution in [3.63, 3.8) is 0 Å². The first-order valence-electron chi connectivity index (χ1n) is 9.34. The summed E-state index contributed by atoms with van der Waals surface area (Å²) in [5, 5.41) is 6.27. The smallest absolute Gasteiger partial charge is 0.231 e. The highest BCUT2D eigenvalue weighted by molar-refractivity contribution is 6.30. The summed E-state index contributed by atoms with van der Waals surface area (Å²) in [6.45, 7) is 4.15. The third-order valence-corrected chi connectivity index (χ3v) is 5.10. The zero-order valence-corrected chi connectivity index (χ0v) is 15.7. The maximum absolute atomic E-state index is 12.3. The molecule has 0 saturated carbocycles. The van der Waals surface area contributed by atoms with E-state index in [1.807, 2.05) is 0 Å². The van der Waals surface area contributed by atoms with Gasteiger partial charge in [-0.15, -0.1) is 0 Å². The minimum Gasteiger partial charge on any atom is -0.491 e. The van der Waals surface area contributed by atoms with Crippen molar-refractivity contribution in [3.8, 4) is 5.75 Å². The van der Waals surface area contributed by atoms with E-state index >= 15 is 0 Å². The van der Waals surface area contributed by atoms with E-state index in [0.717, 1.165) is 26.1 Å². The molecule has 0 spiro atoms. The molecule has 142 valence electrons. The van der Waals surface area contributed by atoms with E-state index in [-0.39, 0.29) is 24.8 Å². The van der Waals surface area contributed by atoms with Gasteiger partial charge in [-0.2, -0.15) is 0 Å². The summed E-state index contributed by atoms with van der Waals surface area (Å²) < 4.78 is 5.66. The molecule has 0 aliphatic carbocycles. The van der Waals surface area contributed by atoms with E-state index in [0.29, 0.717) is 23.0 Å². The zero-order valence-electron chi connectivity index (χ0n) is 14.9. The molecule has 26 heavy (non-hydrogen) atoms. The number of nitrogens with zero attached hydrogens (tertiary/aromatic N) is 1. The van der Waals surface area contributed by atoms with Gasteiger partial charge >= 0.3 is 0 Å². The lowest BCUT2D eigenvalue weighted by atomic mass is 10.1. The molecule has 2 aliphatic heterocycles. The second-order valence-corrected chi connectivity index (χ2v) is 7.38. The fraction of sp³-hybridized carbons (Fsp3) is 0.579. The molecule has 0 radical (unpaired) electrons. The number of carbonyl (C=O) groups excluding carboxylic acids is 2. The van der Waals surface area contributed by atoms with E-state index in [2.05, 4.69) is 15.5 Å². The third kappa shape index (κ3) is 5.35. The Morgan fingerprint density at radius 1 is 1.31 bits per heavy atom. The second-order valence-electron chi connectivity index (χ2n) is 6.95. The van der Waals surface area contributed by atoms with Crippen molar-refractivity contribution in [2.45, 2.75) is 32.1 Å². The number of nitrogens with one attached hydrogen (secondary N) is 2. The molecule has 1 fully saturated rings. The summed E-state index contributed by atoms with van der Waals surface area (Å²) in [5.41, 5.74) is 0.587. The van der Waals surface area contributed by atoms with Gasteiger partial charge < -0.3 is 20.3 Å². The Morgan fingerprint density at radius 3 is 2.92 bits per heavy atom. The van der Waals surface area contributed by atoms with Gasteiger partial charge in [0.25, 0.3) is 0 Å². The van der Waals surface area contributed by atoms with Crippen LogP contribution >= 0.6 is 11.6 Å². The first-order chi connectivity index (χ1) is 12.6. The number of halogens is 1. The van der Waals surface area contributed by atoms with Gasteiger partial charge in [-0.25, -0.2) is 0 Å². The van der Waals surface area contributed by atoms with Gasteiger partial charge in [0.1, 0.15) is 12.4 Å². The van der Waals surface area contributed by atoms with Crippen molar-refractivity contribution < 1.29 is 14.3 Å². The number of hydrogen-bond acceptors (Lipinski definition) is 4. The van der Waals surface area contributed by atoms with Crippen LogP contribution in [0.15, 0.2) is 18.2 Å². The largest absolute Gasteiger partial charge is 0.491 e. The predicted molar refractivity (Wildman–Crippen MR) is 102 cm³/mol. The molecular formula is C19H26ClN3O3. The fourth-order valence-electron chi connectivity index (χ4n) is 3.38. The Kier molecular flexibility index (Phi) is 6.74. The predicted octanol–water partition coefficient (Wildman–Crippen LogP) is 2.67. The van der Waals surface area contributed by atoms with Crippen LogP contribution in [0.2, 0.25) is 5.02 Å². The standard InChI is InChI=1S/C19H26ClN3O3/c20-15-5-6-16-17(12-15)26-13-14(19(25)22-16)11-18(24)21-7-4-10-23-8-2-1-3-9-23/h5-6,12,14H,1-4,7-11,13H2,(H,21,24)(H,22,25). The van der Waals surface area contributed by atoms with Crippen LogP contribution in [-0.4, -0.2) is 49.5 Å². The van der Waals surface area contributed by atoms with Gasteiger partial charge in [-0.3, -0.25) is 9.59 Å². The van der Waals surface area contributed by atoms with Crippen LogP contribution in [0.1, 0.15) is 32.1 Å². The zero-order chi connectivity index (χ0) is 18.4. The molecule has 6 nitrogen and oxygen atoms in total. The Morgan fingerprint density at radius 2 is 2.12 bits per heavy atom. The maximum Gasteiger partial charge on any atom is 0.231 e. The van der Waals surface area contributed by atoms with Gasteiger partial charge in [0.05, 0.1) is 11.6 Å². The summed E-state index contributed by atoms with van der Waals surface area (Å²) in [6, 6.07) is 5.07. The second kappa shape index (κ2) is 9.24. The highest BCUT2D eigenvalue weighted by Crippen LogP contribution is 2.31. The fourth-order valence-corrected chi connectivity index (χ4v) is 3.54. The van der Waals surface area contributed by atoms with E-state index in [1.165, 1.54) is 19.3 Å². The number of amides is 2. The molecule has 0 bridgehead atoms. The van der Waals surface area contributed by atoms with E-state index in [1.54, 1.807) is 18.2 Å². The topological polar surface area (TPSA) is 70.7 Å². The first kappa shape index (κ1) is 19.0. The molecule has 2 aliphatic rings. The van der Waals surface area contributed by atoms with Crippen LogP contribution in [0.5, 0.6) is 5.75 Å². The summed E-state index contributed by atoms with van der Waals surface area (Å²) in [7, 11) is 0. The highest BCUT2D eigenvalue weighted by atomic mass is 35.5. The minimum absolute atomic E-state index is 0.114. The third-order valence-electron chi connectivity index (χ3n) is 4.87. The van der Waals surface area contributed by atoms with Gasteiger partial charge in [-0.05, 0) is 51.0 Å². The van der Waals surface area contributed by atoms with Gasteiger partial charge in [0, 0.05) is 24.1 Å². The number of carbonyl (C=O) groups is 2. The Balaban J connectivity index is 1.40. The number of ether oxygens (including phenoxy) is 1. The molecule has 1 aromatic carbocycles. The first-order valence-corrected chi connectivity index (χ1v) is 9.72. The van der Waals surface area contributed by atoms with Crippen molar-refractivity contribution >= 4 is 29.1 Å². The van der Waals surface area contributed by atoms with Crippen LogP contribution in [0.3, 0.4) is 0 Å². The Bertz CT molecular complexity index is 647. The number of piperidine rings is 1. The number of rotatable bonds is 6. The normalized spacial score (nSPS) is 20.5. The lowest BCUT2D eigenvalue weighted by Gasteiger charge is -2.26. The average Bonchev–Trinajstić information content (AvgIpc) is 2.79. The molecule has 3 rings (SSSR count). The minimum atomic E-state index is -0.511. The van der Waals surface area contributed by atoms with Gasteiger partial charge in [-0.1, -0.05) is 18.0 Å². The van der Waals surface area contributed by atoms with Crippen molar-refractivity contribution in [1.29, 1.82) is 0 Å². The van der Waals surface area contributed by atoms with E-state index < -0.39 is 5.92 Å². The van der Waals surface area contributed by atoms with E-state index in [9.17, 15) is 9.59 Å². The monoisotopic (exact) mass is 379 g/mol. The van der Waals surface area contributed by atoms with E-state index in [4.69, 9.17) is 16.3 Å². The number of likely N-dealkylation sites (tertiary alicyclic amines) is 1. The molecule has 1 atom stereocenters. The molecular weight excluding hydrogens is 354 g/mol. The lowest BCUT2D eigenvalue weighted by Crippen LogP contribution is -2.35. The van der Waals surface area contributed by atoms with Crippen LogP contribution < -0.4 is 15.4 Å². The highest BCUT2D eigenvalue weighted by Gasteiger charge is 2.27. The number of fused-ring (bicyclic) bond motifs is 1. The summed E-state index contributed by atoms with van der Waals surface area (Å²) in [6.07, 6.45) is 4.93. The molecule has 7 heteroatoms. The lowest BCUT2D eigenvalue weighted by molar-refractivity contribution is -0.128. The van der Waals surface area contributed by atoms with Crippen molar-refractivity contribution in [1.82, 2.24) is 10.2 Å². The van der Waals surface area contributed by atoms with Crippen LogP contribution in [0.4, 0.5) is 5.69 Å². The maximum atomic E-state index is 12.3. The Labute approximate surface area is 159 Å². The van der Waals surface area contributed by atoms with Crippen molar-refractivity contribution in [2.75, 3.05) is 38.1 Å². The van der Waals surface area contributed by atoms with Crippen LogP contribution in [-0.2, 0) is 9.59 Å². The SMILES string of the molecule is O=C(CC1COc2cc(Cl)ccc2NC1=O)NCCCN1CCCCC1. The number of hydrogen-bond donors (Lipinski definition) is 2. The molecule has 1 saturated heterocycles. The molecule has 1 aromatic rings. The summed E-state index contributed by atoms with van der Waals surface area (Å²) >= 11 is 5.95. The number of anilines is 1. The molecule has 1 unspecified atom stereocenters. The quantitative estimate of drug-likeness (QED) is 0.745. The van der Waals surface area contributed by atoms with Gasteiger partial charge in [0.2, 0.25) is 11.8 Å².